The summed E-state index contributed by atoms with van der Waals surface area (Å²) in [5.74, 6) is 0.643. The third-order valence-corrected chi connectivity index (χ3v) is 4.60. The third kappa shape index (κ3) is 3.53. The first-order chi connectivity index (χ1) is 13.1. The molecular formula is C20H19NO6. The molecule has 2 aliphatic heterocycles. The molecule has 2 aliphatic rings. The molecule has 0 unspecified atom stereocenters. The Hall–Kier alpha value is -3.22. The lowest BCUT2D eigenvalue weighted by atomic mass is 9.94. The van der Waals surface area contributed by atoms with Gasteiger partial charge in [-0.1, -0.05) is 6.07 Å². The molecule has 2 heterocycles. The Morgan fingerprint density at radius 3 is 2.56 bits per heavy atom. The number of nitrogens with one attached hydrogen (secondary N) is 1. The predicted molar refractivity (Wildman–Crippen MR) is 96.0 cm³/mol. The largest absolute Gasteiger partial charge is 0.497 e. The smallest absolute Gasteiger partial charge is 0.307 e. The highest BCUT2D eigenvalue weighted by atomic mass is 16.6. The standard InChI is InChI=1S/C20H19NO6/c1-24-14-5-3-13(4-6-14)21-20(23)15-11-18(22)27-19(15)12-2-7-16-17(10-12)26-9-8-25-16/h2-7,10,15,19H,8-9,11H2,1H3,(H,21,23)/t15-,19+/m0/s1. The number of carbonyl (C=O) groups excluding carboxylic acids is 2. The van der Waals surface area contributed by atoms with E-state index in [2.05, 4.69) is 5.32 Å². The molecule has 2 atom stereocenters. The van der Waals surface area contributed by atoms with Gasteiger partial charge in [0.25, 0.3) is 0 Å². The number of hydrogen-bond donors (Lipinski definition) is 1. The number of anilines is 1. The minimum Gasteiger partial charge on any atom is -0.497 e. The topological polar surface area (TPSA) is 83.1 Å². The molecule has 2 aromatic carbocycles. The number of methoxy groups -OCH3 is 1. The Labute approximate surface area is 156 Å². The van der Waals surface area contributed by atoms with Crippen molar-refractivity contribution in [3.05, 3.63) is 48.0 Å². The number of ether oxygens (including phenoxy) is 4. The number of rotatable bonds is 4. The maximum atomic E-state index is 12.8. The number of carbonyl (C=O) groups is 2. The highest BCUT2D eigenvalue weighted by Crippen LogP contribution is 2.40. The van der Waals surface area contributed by atoms with E-state index in [1.165, 1.54) is 0 Å². The second-order valence-electron chi connectivity index (χ2n) is 6.34. The van der Waals surface area contributed by atoms with Crippen molar-refractivity contribution in [2.24, 2.45) is 5.92 Å². The summed E-state index contributed by atoms with van der Waals surface area (Å²) in [6.45, 7) is 0.958. The summed E-state index contributed by atoms with van der Waals surface area (Å²) in [4.78, 5) is 24.6. The van der Waals surface area contributed by atoms with Crippen LogP contribution in [0.4, 0.5) is 5.69 Å². The van der Waals surface area contributed by atoms with E-state index in [4.69, 9.17) is 18.9 Å². The Balaban J connectivity index is 1.53. The Bertz CT molecular complexity index is 863. The molecule has 140 valence electrons. The van der Waals surface area contributed by atoms with Crippen molar-refractivity contribution in [3.63, 3.8) is 0 Å². The lowest BCUT2D eigenvalue weighted by molar-refractivity contribution is -0.141. The molecule has 2 aromatic rings. The van der Waals surface area contributed by atoms with Gasteiger partial charge in [-0.15, -0.1) is 0 Å². The second-order valence-corrected chi connectivity index (χ2v) is 6.34. The van der Waals surface area contributed by atoms with Gasteiger partial charge in [-0.25, -0.2) is 0 Å². The van der Waals surface area contributed by atoms with Gasteiger partial charge < -0.3 is 24.3 Å². The summed E-state index contributed by atoms with van der Waals surface area (Å²) in [6.07, 6.45) is -0.632. The van der Waals surface area contributed by atoms with Gasteiger partial charge in [0.2, 0.25) is 5.91 Å². The molecular weight excluding hydrogens is 350 g/mol. The van der Waals surface area contributed by atoms with Gasteiger partial charge in [-0.2, -0.15) is 0 Å². The number of esters is 1. The predicted octanol–water partition coefficient (Wildman–Crippen LogP) is 2.71. The Kier molecular flexibility index (Phi) is 4.58. The van der Waals surface area contributed by atoms with Gasteiger partial charge in [-0.05, 0) is 42.0 Å². The highest BCUT2D eigenvalue weighted by molar-refractivity contribution is 5.96. The first-order valence-electron chi connectivity index (χ1n) is 8.68. The van der Waals surface area contributed by atoms with Crippen molar-refractivity contribution in [1.29, 1.82) is 0 Å². The van der Waals surface area contributed by atoms with Crippen molar-refractivity contribution in [1.82, 2.24) is 0 Å². The average molecular weight is 369 g/mol. The molecule has 1 fully saturated rings. The zero-order valence-electron chi connectivity index (χ0n) is 14.8. The number of cyclic esters (lactones) is 1. The lowest BCUT2D eigenvalue weighted by Gasteiger charge is -2.22. The van der Waals surface area contributed by atoms with Crippen LogP contribution in [0.15, 0.2) is 42.5 Å². The van der Waals surface area contributed by atoms with Crippen LogP contribution in [0.1, 0.15) is 18.1 Å². The number of fused-ring (bicyclic) bond motifs is 1. The number of hydrogen-bond acceptors (Lipinski definition) is 6. The highest BCUT2D eigenvalue weighted by Gasteiger charge is 2.41. The molecule has 7 nitrogen and oxygen atoms in total. The molecule has 1 N–H and O–H groups in total. The molecule has 4 rings (SSSR count). The van der Waals surface area contributed by atoms with Crippen LogP contribution in [0.5, 0.6) is 17.2 Å². The summed E-state index contributed by atoms with van der Waals surface area (Å²) in [5.41, 5.74) is 1.33. The van der Waals surface area contributed by atoms with E-state index in [1.54, 1.807) is 49.6 Å². The summed E-state index contributed by atoms with van der Waals surface area (Å²) in [5, 5.41) is 2.84. The van der Waals surface area contributed by atoms with Crippen LogP contribution in [0.25, 0.3) is 0 Å². The van der Waals surface area contributed by atoms with E-state index in [0.29, 0.717) is 41.7 Å². The zero-order valence-corrected chi connectivity index (χ0v) is 14.8. The molecule has 27 heavy (non-hydrogen) atoms. The lowest BCUT2D eigenvalue weighted by Crippen LogP contribution is -2.25. The van der Waals surface area contributed by atoms with Crippen molar-refractivity contribution in [2.75, 3.05) is 25.6 Å². The van der Waals surface area contributed by atoms with Crippen LogP contribution >= 0.6 is 0 Å². The Morgan fingerprint density at radius 2 is 1.81 bits per heavy atom. The van der Waals surface area contributed by atoms with E-state index in [-0.39, 0.29) is 12.3 Å². The maximum Gasteiger partial charge on any atom is 0.307 e. The molecule has 0 saturated carbocycles. The fourth-order valence-corrected chi connectivity index (χ4v) is 3.24. The monoisotopic (exact) mass is 369 g/mol. The van der Waals surface area contributed by atoms with Crippen molar-refractivity contribution >= 4 is 17.6 Å². The first-order valence-corrected chi connectivity index (χ1v) is 8.68. The van der Waals surface area contributed by atoms with Crippen LogP contribution in [-0.2, 0) is 14.3 Å². The van der Waals surface area contributed by atoms with Gasteiger partial charge >= 0.3 is 5.97 Å². The van der Waals surface area contributed by atoms with Crippen molar-refractivity contribution in [3.8, 4) is 17.2 Å². The van der Waals surface area contributed by atoms with E-state index < -0.39 is 18.0 Å². The molecule has 0 aromatic heterocycles. The second kappa shape index (κ2) is 7.19. The molecule has 1 saturated heterocycles. The van der Waals surface area contributed by atoms with Gasteiger partial charge in [0.05, 0.1) is 19.4 Å². The van der Waals surface area contributed by atoms with E-state index >= 15 is 0 Å². The molecule has 0 spiro atoms. The van der Waals surface area contributed by atoms with Crippen molar-refractivity contribution in [2.45, 2.75) is 12.5 Å². The minimum absolute atomic E-state index is 0.0289. The molecule has 0 radical (unpaired) electrons. The molecule has 7 heteroatoms. The summed E-state index contributed by atoms with van der Waals surface area (Å²) >= 11 is 0. The fraction of sp³-hybridized carbons (Fsp3) is 0.300. The maximum absolute atomic E-state index is 12.8. The van der Waals surface area contributed by atoms with Gasteiger partial charge in [0.1, 0.15) is 25.1 Å². The van der Waals surface area contributed by atoms with Gasteiger partial charge in [0.15, 0.2) is 11.5 Å². The SMILES string of the molecule is COc1ccc(NC(=O)[C@H]2CC(=O)O[C@@H]2c2ccc3c(c2)OCCO3)cc1. The van der Waals surface area contributed by atoms with Crippen LogP contribution < -0.4 is 19.5 Å². The van der Waals surface area contributed by atoms with Gasteiger partial charge in [-0.3, -0.25) is 9.59 Å². The molecule has 1 amide bonds. The third-order valence-electron chi connectivity index (χ3n) is 4.60. The zero-order chi connectivity index (χ0) is 18.8. The summed E-state index contributed by atoms with van der Waals surface area (Å²) in [7, 11) is 1.58. The van der Waals surface area contributed by atoms with Crippen LogP contribution in [0.2, 0.25) is 0 Å². The van der Waals surface area contributed by atoms with Crippen LogP contribution in [0, 0.1) is 5.92 Å². The van der Waals surface area contributed by atoms with Crippen LogP contribution in [-0.4, -0.2) is 32.2 Å². The number of benzene rings is 2. The number of amides is 1. The fourth-order valence-electron chi connectivity index (χ4n) is 3.24. The first kappa shape index (κ1) is 17.2. The van der Waals surface area contributed by atoms with Crippen molar-refractivity contribution < 1.29 is 28.5 Å². The van der Waals surface area contributed by atoms with E-state index in [1.807, 2.05) is 0 Å². The van der Waals surface area contributed by atoms with E-state index in [0.717, 1.165) is 0 Å². The molecule has 0 aliphatic carbocycles. The summed E-state index contributed by atoms with van der Waals surface area (Å²) < 4.78 is 21.6. The normalized spacial score (nSPS) is 20.7. The molecule has 0 bridgehead atoms. The van der Waals surface area contributed by atoms with E-state index in [9.17, 15) is 9.59 Å². The summed E-state index contributed by atoms with van der Waals surface area (Å²) in [6, 6.07) is 12.3. The Morgan fingerprint density at radius 1 is 1.07 bits per heavy atom. The quantitative estimate of drug-likeness (QED) is 0.835. The van der Waals surface area contributed by atoms with Crippen LogP contribution in [0.3, 0.4) is 0 Å². The average Bonchev–Trinajstić information content (AvgIpc) is 3.10. The minimum atomic E-state index is -0.661. The van der Waals surface area contributed by atoms with Gasteiger partial charge in [0, 0.05) is 5.69 Å².